The maximum atomic E-state index is 13.1. The Morgan fingerprint density at radius 3 is 1.85 bits per heavy atom. The van der Waals surface area contributed by atoms with Crippen LogP contribution in [0.25, 0.3) is 22.3 Å². The Morgan fingerprint density at radius 1 is 0.636 bits per heavy atom. The fourth-order valence-electron chi connectivity index (χ4n) is 3.65. The molecule has 5 rings (SSSR count). The van der Waals surface area contributed by atoms with E-state index in [1.165, 1.54) is 6.07 Å². The summed E-state index contributed by atoms with van der Waals surface area (Å²) >= 11 is 0. The van der Waals surface area contributed by atoms with Gasteiger partial charge in [0, 0.05) is 23.8 Å². The molecule has 33 heavy (non-hydrogen) atoms. The predicted molar refractivity (Wildman–Crippen MR) is 129 cm³/mol. The van der Waals surface area contributed by atoms with Crippen molar-refractivity contribution in [3.05, 3.63) is 131 Å². The highest BCUT2D eigenvalue weighted by molar-refractivity contribution is 5.86. The van der Waals surface area contributed by atoms with Gasteiger partial charge in [0.05, 0.1) is 0 Å². The van der Waals surface area contributed by atoms with Gasteiger partial charge < -0.3 is 13.9 Å². The van der Waals surface area contributed by atoms with Crippen LogP contribution in [0.15, 0.2) is 118 Å². The van der Waals surface area contributed by atoms with E-state index in [1.807, 2.05) is 91.0 Å². The highest BCUT2D eigenvalue weighted by atomic mass is 16.5. The van der Waals surface area contributed by atoms with Crippen molar-refractivity contribution in [1.29, 1.82) is 0 Å². The molecule has 0 radical (unpaired) electrons. The summed E-state index contributed by atoms with van der Waals surface area (Å²) in [4.78, 5) is 13.1. The van der Waals surface area contributed by atoms with Crippen molar-refractivity contribution in [3.8, 4) is 22.8 Å². The van der Waals surface area contributed by atoms with Crippen LogP contribution in [0.4, 0.5) is 0 Å². The van der Waals surface area contributed by atoms with Gasteiger partial charge in [0.25, 0.3) is 0 Å². The molecule has 0 aliphatic carbocycles. The number of rotatable bonds is 7. The Morgan fingerprint density at radius 2 is 1.21 bits per heavy atom. The molecule has 0 N–H and O–H groups in total. The van der Waals surface area contributed by atoms with E-state index in [4.69, 9.17) is 13.9 Å². The first-order valence-corrected chi connectivity index (χ1v) is 10.8. The summed E-state index contributed by atoms with van der Waals surface area (Å²) in [5, 5.41) is 0.401. The number of ether oxygens (including phenoxy) is 2. The normalized spacial score (nSPS) is 10.8. The molecule has 162 valence electrons. The molecular weight excluding hydrogens is 412 g/mol. The molecule has 0 aliphatic heterocycles. The fourth-order valence-corrected chi connectivity index (χ4v) is 3.65. The Balaban J connectivity index is 1.55. The molecule has 0 saturated heterocycles. The van der Waals surface area contributed by atoms with Crippen molar-refractivity contribution in [3.63, 3.8) is 0 Å². The second-order valence-electron chi connectivity index (χ2n) is 7.68. The first-order valence-electron chi connectivity index (χ1n) is 10.8. The van der Waals surface area contributed by atoms with E-state index in [0.29, 0.717) is 41.4 Å². The van der Waals surface area contributed by atoms with E-state index < -0.39 is 0 Å². The van der Waals surface area contributed by atoms with Crippen molar-refractivity contribution in [2.45, 2.75) is 13.2 Å². The molecule has 4 heteroatoms. The third kappa shape index (κ3) is 4.80. The largest absolute Gasteiger partial charge is 0.489 e. The van der Waals surface area contributed by atoms with Crippen molar-refractivity contribution < 1.29 is 13.9 Å². The fraction of sp³-hybridized carbons (Fsp3) is 0.0690. The number of benzene rings is 4. The first-order chi connectivity index (χ1) is 16.3. The van der Waals surface area contributed by atoms with Gasteiger partial charge in [0.1, 0.15) is 41.4 Å². The van der Waals surface area contributed by atoms with Gasteiger partial charge in [-0.1, -0.05) is 91.0 Å². The SMILES string of the molecule is O=c1cc(-c2ccccc2)oc2cc(OCc3ccccc3)cc(OCc3ccccc3)c12. The molecule has 1 heterocycles. The van der Waals surface area contributed by atoms with Gasteiger partial charge in [-0.15, -0.1) is 0 Å². The average molecular weight is 434 g/mol. The molecule has 4 aromatic carbocycles. The van der Waals surface area contributed by atoms with Gasteiger partial charge in [-0.3, -0.25) is 4.79 Å². The monoisotopic (exact) mass is 434 g/mol. The van der Waals surface area contributed by atoms with Crippen LogP contribution in [0.3, 0.4) is 0 Å². The van der Waals surface area contributed by atoms with E-state index in [0.717, 1.165) is 16.7 Å². The zero-order valence-corrected chi connectivity index (χ0v) is 17.9. The predicted octanol–water partition coefficient (Wildman–Crippen LogP) is 6.62. The van der Waals surface area contributed by atoms with Crippen LogP contribution >= 0.6 is 0 Å². The lowest BCUT2D eigenvalue weighted by molar-refractivity contribution is 0.292. The minimum atomic E-state index is -0.159. The molecule has 0 saturated carbocycles. The second kappa shape index (κ2) is 9.45. The summed E-state index contributed by atoms with van der Waals surface area (Å²) in [6.45, 7) is 0.727. The molecule has 0 amide bonds. The molecule has 4 nitrogen and oxygen atoms in total. The summed E-state index contributed by atoms with van der Waals surface area (Å²) in [7, 11) is 0. The highest BCUT2D eigenvalue weighted by Gasteiger charge is 2.15. The van der Waals surface area contributed by atoms with Gasteiger partial charge in [-0.2, -0.15) is 0 Å². The molecule has 0 fully saturated rings. The highest BCUT2D eigenvalue weighted by Crippen LogP contribution is 2.33. The summed E-state index contributed by atoms with van der Waals surface area (Å²) < 4.78 is 18.3. The van der Waals surface area contributed by atoms with Gasteiger partial charge in [0.15, 0.2) is 5.43 Å². The molecule has 0 unspecified atom stereocenters. The van der Waals surface area contributed by atoms with Gasteiger partial charge in [0.2, 0.25) is 0 Å². The Hall–Kier alpha value is -4.31. The van der Waals surface area contributed by atoms with E-state index in [9.17, 15) is 4.79 Å². The van der Waals surface area contributed by atoms with E-state index in [-0.39, 0.29) is 5.43 Å². The molecule has 0 bridgehead atoms. The minimum absolute atomic E-state index is 0.159. The van der Waals surface area contributed by atoms with Crippen molar-refractivity contribution in [2.24, 2.45) is 0 Å². The molecule has 0 aliphatic rings. The van der Waals surface area contributed by atoms with E-state index >= 15 is 0 Å². The van der Waals surface area contributed by atoms with Crippen LogP contribution in [0.2, 0.25) is 0 Å². The van der Waals surface area contributed by atoms with Crippen LogP contribution in [0, 0.1) is 0 Å². The molecule has 5 aromatic rings. The zero-order chi connectivity index (χ0) is 22.5. The van der Waals surface area contributed by atoms with Crippen molar-refractivity contribution >= 4 is 11.0 Å². The van der Waals surface area contributed by atoms with Crippen molar-refractivity contribution in [2.75, 3.05) is 0 Å². The molecular formula is C29H22O4. The zero-order valence-electron chi connectivity index (χ0n) is 17.9. The Kier molecular flexibility index (Phi) is 5.89. The summed E-state index contributed by atoms with van der Waals surface area (Å²) in [6.07, 6.45) is 0. The number of hydrogen-bond donors (Lipinski definition) is 0. The van der Waals surface area contributed by atoms with Gasteiger partial charge >= 0.3 is 0 Å². The maximum Gasteiger partial charge on any atom is 0.197 e. The molecule has 0 spiro atoms. The smallest absolute Gasteiger partial charge is 0.197 e. The molecule has 0 atom stereocenters. The van der Waals surface area contributed by atoms with Crippen molar-refractivity contribution in [1.82, 2.24) is 0 Å². The number of fused-ring (bicyclic) bond motifs is 1. The summed E-state index contributed by atoms with van der Waals surface area (Å²) in [6, 6.07) is 34.3. The van der Waals surface area contributed by atoms with Gasteiger partial charge in [-0.25, -0.2) is 0 Å². The number of hydrogen-bond acceptors (Lipinski definition) is 4. The van der Waals surface area contributed by atoms with Gasteiger partial charge in [-0.05, 0) is 11.1 Å². The third-order valence-corrected chi connectivity index (χ3v) is 5.31. The standard InChI is InChI=1S/C29H22O4/c30-25-18-26(23-14-8-3-9-15-23)33-28-17-24(31-19-21-10-4-1-5-11-21)16-27(29(25)28)32-20-22-12-6-2-7-13-22/h1-18H,19-20H2. The topological polar surface area (TPSA) is 48.7 Å². The second-order valence-corrected chi connectivity index (χ2v) is 7.68. The van der Waals surface area contributed by atoms with Crippen LogP contribution in [0.1, 0.15) is 11.1 Å². The van der Waals surface area contributed by atoms with E-state index in [1.54, 1.807) is 12.1 Å². The first kappa shape index (κ1) is 20.6. The lowest BCUT2D eigenvalue weighted by Crippen LogP contribution is -2.05. The van der Waals surface area contributed by atoms with E-state index in [2.05, 4.69) is 0 Å². The molecule has 1 aromatic heterocycles. The quantitative estimate of drug-likeness (QED) is 0.289. The average Bonchev–Trinajstić information content (AvgIpc) is 2.87. The Bertz CT molecular complexity index is 1410. The van der Waals surface area contributed by atoms with Crippen LogP contribution in [-0.2, 0) is 13.2 Å². The lowest BCUT2D eigenvalue weighted by atomic mass is 10.1. The third-order valence-electron chi connectivity index (χ3n) is 5.31. The van der Waals surface area contributed by atoms with Crippen LogP contribution in [-0.4, -0.2) is 0 Å². The lowest BCUT2D eigenvalue weighted by Gasteiger charge is -2.13. The Labute approximate surface area is 191 Å². The summed E-state index contributed by atoms with van der Waals surface area (Å²) in [5.74, 6) is 1.51. The minimum Gasteiger partial charge on any atom is -0.489 e. The maximum absolute atomic E-state index is 13.1. The summed E-state index contributed by atoms with van der Waals surface area (Å²) in [5.41, 5.74) is 3.15. The van der Waals surface area contributed by atoms with Crippen LogP contribution < -0.4 is 14.9 Å². The van der Waals surface area contributed by atoms with Crippen LogP contribution in [0.5, 0.6) is 11.5 Å².